The molecule has 5 heteroatoms. The van der Waals surface area contributed by atoms with E-state index in [4.69, 9.17) is 9.97 Å². The Morgan fingerprint density at radius 1 is 1.00 bits per heavy atom. The van der Waals surface area contributed by atoms with Crippen LogP contribution in [0.3, 0.4) is 0 Å². The molecule has 2 aliphatic rings. The van der Waals surface area contributed by atoms with Gasteiger partial charge in [0.05, 0.1) is 0 Å². The number of anilines is 2. The maximum Gasteiger partial charge on any atom is 0.227 e. The summed E-state index contributed by atoms with van der Waals surface area (Å²) in [5.74, 6) is 1.95. The van der Waals surface area contributed by atoms with Gasteiger partial charge in [0.2, 0.25) is 5.95 Å². The molecular formula is C25H37N5. The Kier molecular flexibility index (Phi) is 7.21. The summed E-state index contributed by atoms with van der Waals surface area (Å²) in [6.45, 7) is 7.96. The van der Waals surface area contributed by atoms with E-state index in [9.17, 15) is 0 Å². The Balaban J connectivity index is 1.51. The van der Waals surface area contributed by atoms with Crippen LogP contribution in [-0.2, 0) is 0 Å². The number of hydrogen-bond donors (Lipinski definition) is 0. The van der Waals surface area contributed by atoms with Crippen molar-refractivity contribution >= 4 is 11.8 Å². The lowest BCUT2D eigenvalue weighted by molar-refractivity contribution is 0.141. The SMILES string of the molecule is CCCCN(C)c1nc(N2CCC(N3CCCCC3)CC2)ncc1-c1ccccc1. The molecule has 0 spiro atoms. The molecule has 2 saturated heterocycles. The van der Waals surface area contributed by atoms with Gasteiger partial charge in [-0.05, 0) is 50.8 Å². The Bertz CT molecular complexity index is 779. The minimum Gasteiger partial charge on any atom is -0.359 e. The molecule has 2 aliphatic heterocycles. The van der Waals surface area contributed by atoms with Crippen LogP contribution in [0, 0.1) is 0 Å². The van der Waals surface area contributed by atoms with E-state index in [1.807, 2.05) is 6.20 Å². The smallest absolute Gasteiger partial charge is 0.227 e. The first-order chi connectivity index (χ1) is 14.8. The molecule has 2 fully saturated rings. The summed E-state index contributed by atoms with van der Waals surface area (Å²) in [7, 11) is 2.16. The zero-order chi connectivity index (χ0) is 20.8. The second-order valence-electron chi connectivity index (χ2n) is 8.86. The maximum atomic E-state index is 5.09. The number of nitrogens with zero attached hydrogens (tertiary/aromatic N) is 5. The topological polar surface area (TPSA) is 35.5 Å². The highest BCUT2D eigenvalue weighted by Crippen LogP contribution is 2.31. The predicted molar refractivity (Wildman–Crippen MR) is 126 cm³/mol. The number of rotatable bonds is 7. The van der Waals surface area contributed by atoms with Crippen molar-refractivity contribution in [3.05, 3.63) is 36.5 Å². The van der Waals surface area contributed by atoms with E-state index >= 15 is 0 Å². The van der Waals surface area contributed by atoms with Gasteiger partial charge in [0.25, 0.3) is 0 Å². The second kappa shape index (κ2) is 10.3. The summed E-state index contributed by atoms with van der Waals surface area (Å²) in [6.07, 6.45) is 11.0. The minimum atomic E-state index is 0.747. The largest absolute Gasteiger partial charge is 0.359 e. The molecule has 5 nitrogen and oxygen atoms in total. The van der Waals surface area contributed by atoms with Gasteiger partial charge in [0, 0.05) is 44.5 Å². The van der Waals surface area contributed by atoms with Crippen molar-refractivity contribution in [1.82, 2.24) is 14.9 Å². The number of likely N-dealkylation sites (tertiary alicyclic amines) is 1. The molecule has 0 saturated carbocycles. The predicted octanol–water partition coefficient (Wildman–Crippen LogP) is 4.83. The van der Waals surface area contributed by atoms with Gasteiger partial charge in [-0.2, -0.15) is 4.98 Å². The Morgan fingerprint density at radius 2 is 1.73 bits per heavy atom. The lowest BCUT2D eigenvalue weighted by Crippen LogP contribution is -2.47. The summed E-state index contributed by atoms with van der Waals surface area (Å²) < 4.78 is 0. The molecule has 4 rings (SSSR count). The van der Waals surface area contributed by atoms with Gasteiger partial charge in [-0.1, -0.05) is 50.1 Å². The average Bonchev–Trinajstić information content (AvgIpc) is 2.83. The van der Waals surface area contributed by atoms with Crippen molar-refractivity contribution in [3.8, 4) is 11.1 Å². The Hall–Kier alpha value is -2.14. The standard InChI is InChI=1S/C25H37N5/c1-3-4-15-28(2)24-23(21-11-7-5-8-12-21)20-26-25(27-24)30-18-13-22(14-19-30)29-16-9-6-10-17-29/h5,7-8,11-12,20,22H,3-4,6,9-10,13-19H2,1-2H3. The van der Waals surface area contributed by atoms with Crippen LogP contribution in [0.15, 0.2) is 36.5 Å². The first-order valence-corrected chi connectivity index (χ1v) is 11.9. The van der Waals surface area contributed by atoms with Crippen LogP contribution >= 0.6 is 0 Å². The lowest BCUT2D eigenvalue weighted by atomic mass is 10.00. The van der Waals surface area contributed by atoms with E-state index in [1.165, 1.54) is 63.6 Å². The van der Waals surface area contributed by atoms with Crippen LogP contribution in [0.1, 0.15) is 51.9 Å². The zero-order valence-electron chi connectivity index (χ0n) is 18.8. The van der Waals surface area contributed by atoms with Gasteiger partial charge in [0.15, 0.2) is 0 Å². The number of aromatic nitrogens is 2. The van der Waals surface area contributed by atoms with Gasteiger partial charge in [0.1, 0.15) is 5.82 Å². The zero-order valence-corrected chi connectivity index (χ0v) is 18.8. The van der Waals surface area contributed by atoms with E-state index in [-0.39, 0.29) is 0 Å². The van der Waals surface area contributed by atoms with Crippen LogP contribution < -0.4 is 9.80 Å². The van der Waals surface area contributed by atoms with Crippen molar-refractivity contribution in [2.75, 3.05) is 49.6 Å². The number of unbranched alkanes of at least 4 members (excludes halogenated alkanes) is 1. The molecule has 0 N–H and O–H groups in total. The van der Waals surface area contributed by atoms with Crippen molar-refractivity contribution in [3.63, 3.8) is 0 Å². The summed E-state index contributed by atoms with van der Waals surface area (Å²) in [5.41, 5.74) is 2.31. The quantitative estimate of drug-likeness (QED) is 0.657. The summed E-state index contributed by atoms with van der Waals surface area (Å²) >= 11 is 0. The third-order valence-corrected chi connectivity index (χ3v) is 6.70. The molecule has 2 aromatic rings. The fraction of sp³-hybridized carbons (Fsp3) is 0.600. The summed E-state index contributed by atoms with van der Waals surface area (Å²) in [6, 6.07) is 11.3. The van der Waals surface area contributed by atoms with Crippen LogP contribution in [0.25, 0.3) is 11.1 Å². The molecule has 0 aliphatic carbocycles. The number of hydrogen-bond acceptors (Lipinski definition) is 5. The molecule has 0 amide bonds. The van der Waals surface area contributed by atoms with Gasteiger partial charge in [-0.3, -0.25) is 0 Å². The van der Waals surface area contributed by atoms with Gasteiger partial charge < -0.3 is 14.7 Å². The highest BCUT2D eigenvalue weighted by Gasteiger charge is 2.27. The number of benzene rings is 1. The molecule has 162 valence electrons. The fourth-order valence-corrected chi connectivity index (χ4v) is 4.84. The van der Waals surface area contributed by atoms with Gasteiger partial charge in [-0.25, -0.2) is 4.98 Å². The van der Waals surface area contributed by atoms with Crippen molar-refractivity contribution in [1.29, 1.82) is 0 Å². The first kappa shape index (κ1) is 21.1. The van der Waals surface area contributed by atoms with E-state index in [0.29, 0.717) is 0 Å². The minimum absolute atomic E-state index is 0.747. The number of piperidine rings is 2. The summed E-state index contributed by atoms with van der Waals surface area (Å²) in [5, 5.41) is 0. The lowest BCUT2D eigenvalue weighted by Gasteiger charge is -2.40. The van der Waals surface area contributed by atoms with Crippen LogP contribution in [0.4, 0.5) is 11.8 Å². The molecule has 1 aromatic heterocycles. The monoisotopic (exact) mass is 407 g/mol. The highest BCUT2D eigenvalue weighted by atomic mass is 15.3. The molecule has 0 unspecified atom stereocenters. The van der Waals surface area contributed by atoms with Gasteiger partial charge in [-0.15, -0.1) is 0 Å². The molecular weight excluding hydrogens is 370 g/mol. The highest BCUT2D eigenvalue weighted by molar-refractivity contribution is 5.75. The average molecular weight is 408 g/mol. The normalized spacial score (nSPS) is 18.5. The molecule has 0 radical (unpaired) electrons. The van der Waals surface area contributed by atoms with Gasteiger partial charge >= 0.3 is 0 Å². The maximum absolute atomic E-state index is 5.09. The molecule has 30 heavy (non-hydrogen) atoms. The van der Waals surface area contributed by atoms with E-state index in [1.54, 1.807) is 0 Å². The second-order valence-corrected chi connectivity index (χ2v) is 8.86. The molecule has 0 atom stereocenters. The van der Waals surface area contributed by atoms with Crippen LogP contribution in [-0.4, -0.2) is 60.7 Å². The van der Waals surface area contributed by atoms with Crippen LogP contribution in [0.2, 0.25) is 0 Å². The van der Waals surface area contributed by atoms with Crippen molar-refractivity contribution in [2.24, 2.45) is 0 Å². The van der Waals surface area contributed by atoms with Crippen molar-refractivity contribution in [2.45, 2.75) is 57.9 Å². The molecule has 0 bridgehead atoms. The fourth-order valence-electron chi connectivity index (χ4n) is 4.84. The van der Waals surface area contributed by atoms with E-state index in [0.717, 1.165) is 43.0 Å². The van der Waals surface area contributed by atoms with E-state index in [2.05, 4.69) is 59.0 Å². The Morgan fingerprint density at radius 3 is 2.43 bits per heavy atom. The van der Waals surface area contributed by atoms with E-state index < -0.39 is 0 Å². The van der Waals surface area contributed by atoms with Crippen LogP contribution in [0.5, 0.6) is 0 Å². The first-order valence-electron chi connectivity index (χ1n) is 11.9. The molecule has 3 heterocycles. The molecule has 1 aromatic carbocycles. The third-order valence-electron chi connectivity index (χ3n) is 6.70. The van der Waals surface area contributed by atoms with Crippen molar-refractivity contribution < 1.29 is 0 Å². The summed E-state index contributed by atoms with van der Waals surface area (Å²) in [4.78, 5) is 17.3. The third kappa shape index (κ3) is 4.94. The Labute approximate surface area is 182 Å².